The van der Waals surface area contributed by atoms with Crippen LogP contribution in [0.15, 0.2) is 12.3 Å². The number of hydrogen-bond donors (Lipinski definition) is 1. The maximum Gasteiger partial charge on any atom is 0.420 e. The summed E-state index contributed by atoms with van der Waals surface area (Å²) in [6, 6.07) is 0.794. The molecule has 0 aliphatic heterocycles. The van der Waals surface area contributed by atoms with Crippen LogP contribution in [0, 0.1) is 5.92 Å². The molecule has 88 valence electrons. The monoisotopic (exact) mass is 232 g/mol. The number of ether oxygens (including phenoxy) is 1. The Labute approximate surface area is 90.4 Å². The SMILES string of the molecule is Nc1cc(C(F)(F)F)c(OCC2CC2)cn1. The van der Waals surface area contributed by atoms with E-state index in [1.807, 2.05) is 0 Å². The molecule has 16 heavy (non-hydrogen) atoms. The summed E-state index contributed by atoms with van der Waals surface area (Å²) in [5, 5.41) is 0. The van der Waals surface area contributed by atoms with Crippen molar-refractivity contribution in [2.24, 2.45) is 5.92 Å². The van der Waals surface area contributed by atoms with E-state index in [-0.39, 0.29) is 11.6 Å². The van der Waals surface area contributed by atoms with Crippen LogP contribution < -0.4 is 10.5 Å². The first-order valence-corrected chi connectivity index (χ1v) is 4.92. The van der Waals surface area contributed by atoms with Gasteiger partial charge in [0.05, 0.1) is 12.8 Å². The van der Waals surface area contributed by atoms with E-state index in [1.165, 1.54) is 0 Å². The number of nitrogen functional groups attached to an aromatic ring is 1. The zero-order valence-electron chi connectivity index (χ0n) is 8.42. The Bertz CT molecular complexity index is 388. The molecular weight excluding hydrogens is 221 g/mol. The highest BCUT2D eigenvalue weighted by molar-refractivity contribution is 5.42. The number of nitrogens with two attached hydrogens (primary N) is 1. The first-order valence-electron chi connectivity index (χ1n) is 4.92. The van der Waals surface area contributed by atoms with Crippen molar-refractivity contribution in [3.8, 4) is 5.75 Å². The molecule has 1 heterocycles. The van der Waals surface area contributed by atoms with Crippen molar-refractivity contribution in [1.29, 1.82) is 0 Å². The van der Waals surface area contributed by atoms with E-state index in [9.17, 15) is 13.2 Å². The number of hydrogen-bond acceptors (Lipinski definition) is 3. The molecule has 6 heteroatoms. The van der Waals surface area contributed by atoms with Crippen molar-refractivity contribution < 1.29 is 17.9 Å². The summed E-state index contributed by atoms with van der Waals surface area (Å²) in [5.41, 5.74) is 4.37. The van der Waals surface area contributed by atoms with Crippen molar-refractivity contribution in [1.82, 2.24) is 4.98 Å². The molecule has 0 unspecified atom stereocenters. The second-order valence-electron chi connectivity index (χ2n) is 3.86. The zero-order chi connectivity index (χ0) is 11.8. The van der Waals surface area contributed by atoms with Gasteiger partial charge in [0.15, 0.2) is 0 Å². The molecule has 2 rings (SSSR count). The van der Waals surface area contributed by atoms with Gasteiger partial charge >= 0.3 is 6.18 Å². The Hall–Kier alpha value is -1.46. The van der Waals surface area contributed by atoms with Crippen molar-refractivity contribution in [2.75, 3.05) is 12.3 Å². The van der Waals surface area contributed by atoms with Crippen LogP contribution in [0.25, 0.3) is 0 Å². The standard InChI is InChI=1S/C10H11F3N2O/c11-10(12,13)7-3-9(14)15-4-8(7)16-5-6-1-2-6/h3-4,6H,1-2,5H2,(H2,14,15). The van der Waals surface area contributed by atoms with Crippen molar-refractivity contribution in [2.45, 2.75) is 19.0 Å². The molecule has 1 fully saturated rings. The van der Waals surface area contributed by atoms with Crippen molar-refractivity contribution in [3.05, 3.63) is 17.8 Å². The molecule has 0 radical (unpaired) electrons. The van der Waals surface area contributed by atoms with E-state index in [1.54, 1.807) is 0 Å². The molecule has 1 aromatic rings. The summed E-state index contributed by atoms with van der Waals surface area (Å²) in [5.74, 6) is -0.0154. The Morgan fingerprint density at radius 1 is 1.44 bits per heavy atom. The molecule has 0 aromatic carbocycles. The minimum Gasteiger partial charge on any atom is -0.491 e. The third kappa shape index (κ3) is 2.56. The lowest BCUT2D eigenvalue weighted by Crippen LogP contribution is -2.11. The maximum absolute atomic E-state index is 12.6. The van der Waals surface area contributed by atoms with E-state index < -0.39 is 11.7 Å². The topological polar surface area (TPSA) is 48.1 Å². The highest BCUT2D eigenvalue weighted by Gasteiger charge is 2.35. The van der Waals surface area contributed by atoms with Gasteiger partial charge in [-0.3, -0.25) is 0 Å². The van der Waals surface area contributed by atoms with Gasteiger partial charge in [0, 0.05) is 0 Å². The highest BCUT2D eigenvalue weighted by Crippen LogP contribution is 2.37. The van der Waals surface area contributed by atoms with Crippen LogP contribution >= 0.6 is 0 Å². The summed E-state index contributed by atoms with van der Waals surface area (Å²) in [6.45, 7) is 0.314. The number of pyridine rings is 1. The van der Waals surface area contributed by atoms with Gasteiger partial charge in [-0.1, -0.05) is 0 Å². The number of aromatic nitrogens is 1. The fourth-order valence-corrected chi connectivity index (χ4v) is 1.29. The molecule has 1 aromatic heterocycles. The first kappa shape index (κ1) is 11.0. The third-order valence-corrected chi connectivity index (χ3v) is 2.37. The average molecular weight is 232 g/mol. The fraction of sp³-hybridized carbons (Fsp3) is 0.500. The van der Waals surface area contributed by atoms with Crippen LogP contribution in [0.5, 0.6) is 5.75 Å². The van der Waals surface area contributed by atoms with E-state index in [0.717, 1.165) is 25.1 Å². The van der Waals surface area contributed by atoms with E-state index in [2.05, 4.69) is 4.98 Å². The molecule has 1 aliphatic carbocycles. The fourth-order valence-electron chi connectivity index (χ4n) is 1.29. The molecule has 0 spiro atoms. The number of anilines is 1. The van der Waals surface area contributed by atoms with Gasteiger partial charge in [-0.25, -0.2) is 4.98 Å². The predicted molar refractivity (Wildman–Crippen MR) is 51.9 cm³/mol. The average Bonchev–Trinajstić information content (AvgIpc) is 2.98. The summed E-state index contributed by atoms with van der Waals surface area (Å²) in [6.07, 6.45) is -1.40. The van der Waals surface area contributed by atoms with Gasteiger partial charge in [-0.05, 0) is 24.8 Å². The lowest BCUT2D eigenvalue weighted by atomic mass is 10.2. The normalized spacial score (nSPS) is 16.2. The van der Waals surface area contributed by atoms with Gasteiger partial charge in [0.1, 0.15) is 17.1 Å². The summed E-state index contributed by atoms with van der Waals surface area (Å²) >= 11 is 0. The van der Waals surface area contributed by atoms with E-state index in [4.69, 9.17) is 10.5 Å². The largest absolute Gasteiger partial charge is 0.491 e. The smallest absolute Gasteiger partial charge is 0.420 e. The third-order valence-electron chi connectivity index (χ3n) is 2.37. The van der Waals surface area contributed by atoms with Crippen LogP contribution in [-0.2, 0) is 6.18 Å². The zero-order valence-corrected chi connectivity index (χ0v) is 8.42. The van der Waals surface area contributed by atoms with Crippen LogP contribution in [0.3, 0.4) is 0 Å². The molecule has 0 amide bonds. The number of rotatable bonds is 3. The number of alkyl halides is 3. The number of nitrogens with zero attached hydrogens (tertiary/aromatic N) is 1. The Kier molecular flexibility index (Phi) is 2.65. The Morgan fingerprint density at radius 2 is 2.12 bits per heavy atom. The lowest BCUT2D eigenvalue weighted by molar-refractivity contribution is -0.139. The summed E-state index contributed by atoms with van der Waals surface area (Å²) in [7, 11) is 0. The summed E-state index contributed by atoms with van der Waals surface area (Å²) in [4.78, 5) is 3.60. The Morgan fingerprint density at radius 3 is 2.69 bits per heavy atom. The predicted octanol–water partition coefficient (Wildman–Crippen LogP) is 2.47. The minimum atomic E-state index is -4.46. The van der Waals surface area contributed by atoms with Crippen LogP contribution in [-0.4, -0.2) is 11.6 Å². The van der Waals surface area contributed by atoms with Crippen LogP contribution in [0.2, 0.25) is 0 Å². The van der Waals surface area contributed by atoms with E-state index in [0.29, 0.717) is 12.5 Å². The van der Waals surface area contributed by atoms with Gasteiger partial charge in [-0.15, -0.1) is 0 Å². The number of halogens is 3. The minimum absolute atomic E-state index is 0.161. The van der Waals surface area contributed by atoms with Crippen LogP contribution in [0.1, 0.15) is 18.4 Å². The molecule has 0 saturated heterocycles. The first-order chi connectivity index (χ1) is 7.47. The summed E-state index contributed by atoms with van der Waals surface area (Å²) < 4.78 is 42.9. The van der Waals surface area contributed by atoms with Gasteiger partial charge < -0.3 is 10.5 Å². The molecule has 0 atom stereocenters. The molecule has 2 N–H and O–H groups in total. The molecule has 0 bridgehead atoms. The van der Waals surface area contributed by atoms with Crippen molar-refractivity contribution in [3.63, 3.8) is 0 Å². The van der Waals surface area contributed by atoms with Gasteiger partial charge in [0.25, 0.3) is 0 Å². The quantitative estimate of drug-likeness (QED) is 0.870. The molecule has 1 aliphatic rings. The lowest BCUT2D eigenvalue weighted by Gasteiger charge is -2.13. The second kappa shape index (κ2) is 3.84. The molecular formula is C10H11F3N2O. The van der Waals surface area contributed by atoms with Crippen molar-refractivity contribution >= 4 is 5.82 Å². The highest BCUT2D eigenvalue weighted by atomic mass is 19.4. The maximum atomic E-state index is 12.6. The van der Waals surface area contributed by atoms with E-state index >= 15 is 0 Å². The second-order valence-corrected chi connectivity index (χ2v) is 3.86. The Balaban J connectivity index is 2.20. The molecule has 1 saturated carbocycles. The van der Waals surface area contributed by atoms with Gasteiger partial charge in [-0.2, -0.15) is 13.2 Å². The molecule has 3 nitrogen and oxygen atoms in total. The van der Waals surface area contributed by atoms with Gasteiger partial charge in [0.2, 0.25) is 0 Å². The van der Waals surface area contributed by atoms with Crippen LogP contribution in [0.4, 0.5) is 19.0 Å².